The largest absolute Gasteiger partial charge is 0.481 e. The fourth-order valence-corrected chi connectivity index (χ4v) is 10.4. The summed E-state index contributed by atoms with van der Waals surface area (Å²) < 4.78 is 21.5. The summed E-state index contributed by atoms with van der Waals surface area (Å²) in [7, 11) is 0. The Morgan fingerprint density at radius 1 is 0.510 bits per heavy atom. The molecule has 0 aliphatic heterocycles. The van der Waals surface area contributed by atoms with E-state index in [0.717, 1.165) is 51.4 Å². The first-order valence-corrected chi connectivity index (χ1v) is 34.3. The van der Waals surface area contributed by atoms with Crippen molar-refractivity contribution in [2.45, 2.75) is 251 Å². The Morgan fingerprint density at radius 2 is 1.03 bits per heavy atom. The molecule has 0 bridgehead atoms. The molecule has 5 atom stereocenters. The van der Waals surface area contributed by atoms with Crippen LogP contribution in [0.3, 0.4) is 0 Å². The number of nitrogens with one attached hydrogen (secondary N) is 5. The summed E-state index contributed by atoms with van der Waals surface area (Å²) in [6.07, 6.45) is 19.2. The number of H-pyrrole nitrogens is 1. The minimum atomic E-state index is -1.45. The number of carboxylic acid groups (broad SMARTS) is 4. The van der Waals surface area contributed by atoms with Gasteiger partial charge in [-0.05, 0) is 64.7 Å². The molecule has 0 saturated carbocycles. The number of carbonyl (C=O) groups is 13. The zero-order valence-corrected chi connectivity index (χ0v) is 57.4. The van der Waals surface area contributed by atoms with Gasteiger partial charge in [0.05, 0.1) is 51.3 Å². The van der Waals surface area contributed by atoms with Gasteiger partial charge in [0.25, 0.3) is 0 Å². The second-order valence-electron chi connectivity index (χ2n) is 25.7. The van der Waals surface area contributed by atoms with Crippen LogP contribution in [0.4, 0.5) is 0 Å². The van der Waals surface area contributed by atoms with Gasteiger partial charge < -0.3 is 71.4 Å². The Balaban J connectivity index is 2.15. The second-order valence-corrected chi connectivity index (χ2v) is 25.7. The highest BCUT2D eigenvalue weighted by Gasteiger charge is 2.36. The third-order valence-corrected chi connectivity index (χ3v) is 16.8. The molecule has 0 aliphatic rings. The van der Waals surface area contributed by atoms with E-state index in [1.54, 1.807) is 27.0 Å². The van der Waals surface area contributed by atoms with E-state index in [9.17, 15) is 77.6 Å². The summed E-state index contributed by atoms with van der Waals surface area (Å²) in [5, 5.41) is 47.9. The van der Waals surface area contributed by atoms with Crippen LogP contribution in [0.2, 0.25) is 0 Å². The van der Waals surface area contributed by atoms with Gasteiger partial charge >= 0.3 is 23.9 Å². The molecule has 96 heavy (non-hydrogen) atoms. The van der Waals surface area contributed by atoms with E-state index in [1.165, 1.54) is 45.4 Å². The molecule has 1 aromatic heterocycles. The fraction of sp³-hybridized carbons (Fsp3) is 0.765. The Hall–Kier alpha value is -6.88. The van der Waals surface area contributed by atoms with Crippen LogP contribution in [0, 0.1) is 16.7 Å². The smallest absolute Gasteiger partial charge is 0.326 e. The average molecular weight is 1360 g/mol. The van der Waals surface area contributed by atoms with Gasteiger partial charge in [0.2, 0.25) is 23.6 Å². The van der Waals surface area contributed by atoms with E-state index in [4.69, 9.17) is 29.8 Å². The van der Waals surface area contributed by atoms with Gasteiger partial charge in [-0.1, -0.05) is 104 Å². The van der Waals surface area contributed by atoms with Crippen molar-refractivity contribution in [3.63, 3.8) is 0 Å². The highest BCUT2D eigenvalue weighted by molar-refractivity contribution is 5.93. The maximum absolute atomic E-state index is 13.3. The number of carboxylic acids is 4. The number of hydrogen-bond donors (Lipinski definition) is 10. The number of nitrogens with zero attached hydrogens (tertiary/aromatic N) is 1. The predicted octanol–water partition coefficient (Wildman–Crippen LogP) is 6.49. The average Bonchev–Trinajstić information content (AvgIpc) is 1.43. The molecule has 1 rings (SSSR count). The molecule has 1 aromatic rings. The van der Waals surface area contributed by atoms with E-state index in [0.29, 0.717) is 37.8 Å². The first kappa shape index (κ1) is 87.1. The third-order valence-electron chi connectivity index (χ3n) is 16.8. The molecule has 11 N–H and O–H groups in total. The first-order chi connectivity index (χ1) is 45.6. The molecule has 28 nitrogen and oxygen atoms in total. The van der Waals surface area contributed by atoms with Crippen molar-refractivity contribution < 1.29 is 102 Å². The van der Waals surface area contributed by atoms with E-state index in [-0.39, 0.29) is 165 Å². The van der Waals surface area contributed by atoms with Crippen molar-refractivity contribution in [3.8, 4) is 0 Å². The SMILES string of the molecule is CC(=O)[C@](C)(CCCCNC(=O)CC[C@H](NC(=O)CC[C@H](CC(=O)COCCOCCNC(=O)COCCOCCCC(=O)CC[C@H](NC(=O)CCCCCCCCCCCCCCCCC(=O)O)C(=O)O)C(=O)O)C(=O)O)CCC(=O)C(C)(C)CC(=O)[C@@H](N)Cc1cnc[nH]1. The zero-order valence-electron chi connectivity index (χ0n) is 57.4. The van der Waals surface area contributed by atoms with Gasteiger partial charge in [0.15, 0.2) is 11.6 Å². The van der Waals surface area contributed by atoms with Crippen molar-refractivity contribution >= 4 is 76.4 Å². The molecule has 0 radical (unpaired) electrons. The maximum Gasteiger partial charge on any atom is 0.326 e. The lowest BCUT2D eigenvalue weighted by atomic mass is 9.73. The number of nitrogens with two attached hydrogens (primary N) is 1. The number of ether oxygens (including phenoxy) is 4. The monoisotopic (exact) mass is 1360 g/mol. The number of aromatic nitrogens is 2. The maximum atomic E-state index is 13.3. The number of imidazole rings is 1. The third kappa shape index (κ3) is 44.8. The molecule has 0 saturated heterocycles. The number of ketones is 5. The fourth-order valence-electron chi connectivity index (χ4n) is 10.4. The van der Waals surface area contributed by atoms with Crippen LogP contribution in [-0.4, -0.2) is 191 Å². The van der Waals surface area contributed by atoms with E-state index in [2.05, 4.69) is 31.2 Å². The summed E-state index contributed by atoms with van der Waals surface area (Å²) in [6, 6.07) is -3.40. The summed E-state index contributed by atoms with van der Waals surface area (Å²) in [5.41, 5.74) is 4.98. The Bertz CT molecular complexity index is 2510. The molecule has 0 spiro atoms. The van der Waals surface area contributed by atoms with Crippen LogP contribution in [0.25, 0.3) is 0 Å². The molecular weight excluding hydrogens is 1250 g/mol. The van der Waals surface area contributed by atoms with Crippen LogP contribution in [0.5, 0.6) is 0 Å². The molecule has 4 amide bonds. The summed E-state index contributed by atoms with van der Waals surface area (Å²) in [5.74, 6) is -9.17. The summed E-state index contributed by atoms with van der Waals surface area (Å²) in [6.45, 7) is 6.97. The van der Waals surface area contributed by atoms with Crippen LogP contribution in [0.1, 0.15) is 232 Å². The number of Topliss-reactive ketones (excluding diaryl/α,β-unsaturated/α-hetero) is 5. The predicted molar refractivity (Wildman–Crippen MR) is 353 cm³/mol. The molecule has 0 fully saturated rings. The van der Waals surface area contributed by atoms with Gasteiger partial charge in [0, 0.05) is 107 Å². The lowest BCUT2D eigenvalue weighted by molar-refractivity contribution is -0.145. The van der Waals surface area contributed by atoms with E-state index >= 15 is 0 Å². The van der Waals surface area contributed by atoms with Gasteiger partial charge in [-0.2, -0.15) is 0 Å². The Morgan fingerprint density at radius 3 is 1.58 bits per heavy atom. The van der Waals surface area contributed by atoms with Crippen molar-refractivity contribution in [3.05, 3.63) is 18.2 Å². The molecule has 0 aliphatic carbocycles. The van der Waals surface area contributed by atoms with Gasteiger partial charge in [-0.3, -0.25) is 52.7 Å². The number of carbonyl (C=O) groups excluding carboxylic acids is 9. The summed E-state index contributed by atoms with van der Waals surface area (Å²) >= 11 is 0. The van der Waals surface area contributed by atoms with Gasteiger partial charge in [0.1, 0.15) is 42.6 Å². The van der Waals surface area contributed by atoms with Crippen molar-refractivity contribution in [2.24, 2.45) is 22.5 Å². The number of aromatic amines is 1. The Labute approximate surface area is 565 Å². The zero-order chi connectivity index (χ0) is 71.6. The lowest BCUT2D eigenvalue weighted by Gasteiger charge is -2.29. The topological polar surface area (TPSA) is 443 Å². The summed E-state index contributed by atoms with van der Waals surface area (Å²) in [4.78, 5) is 167. The standard InChI is InChI=1S/C68H113N7O21/c1-49(76)68(4,33-31-58(80)67(2,3)44-57(79)54(69)43-51-45-70-48-73-51)32-19-20-34-71-59(81)30-28-56(66(91)92)75-61(83)29-25-50(64(87)88)42-53(78)46-95-40-39-94-37-35-72-62(84)47-96-41-38-93-36-21-22-52(77)26-27-55(65(89)90)74-60(82)23-17-15-13-11-9-7-5-6-8-10-12-14-16-18-24-63(85)86/h45,48,50,54-56H,5-44,46-47,69H2,1-4H3,(H,70,73)(H,71,81)(H,72,84)(H,74,82)(H,75,83)(H,85,86)(H,87,88)(H,89,90)(H,91,92)/t50-,54+,55+,56+,68-/m1/s1. The van der Waals surface area contributed by atoms with Crippen LogP contribution >= 0.6 is 0 Å². The minimum absolute atomic E-state index is 0.00102. The van der Waals surface area contributed by atoms with Crippen molar-refractivity contribution in [1.29, 1.82) is 0 Å². The number of unbranched alkanes of at least 4 members (excludes halogenated alkanes) is 14. The number of rotatable bonds is 65. The van der Waals surface area contributed by atoms with E-state index < -0.39 is 102 Å². The van der Waals surface area contributed by atoms with Crippen molar-refractivity contribution in [1.82, 2.24) is 31.2 Å². The van der Waals surface area contributed by atoms with Crippen molar-refractivity contribution in [2.75, 3.05) is 65.9 Å². The molecular formula is C68H113N7O21. The highest BCUT2D eigenvalue weighted by Crippen LogP contribution is 2.34. The quantitative estimate of drug-likeness (QED) is 0.0311. The van der Waals surface area contributed by atoms with Gasteiger partial charge in [-0.25, -0.2) is 14.6 Å². The first-order valence-electron chi connectivity index (χ1n) is 34.3. The second kappa shape index (κ2) is 52.3. The van der Waals surface area contributed by atoms with Crippen LogP contribution in [0.15, 0.2) is 12.5 Å². The molecule has 1 heterocycles. The lowest BCUT2D eigenvalue weighted by Crippen LogP contribution is -2.42. The number of amides is 4. The highest BCUT2D eigenvalue weighted by atomic mass is 16.5. The van der Waals surface area contributed by atoms with Gasteiger partial charge in [-0.15, -0.1) is 0 Å². The molecule has 28 heteroatoms. The number of aliphatic carboxylic acids is 4. The van der Waals surface area contributed by atoms with E-state index in [1.807, 2.05) is 0 Å². The Kier molecular flexibility index (Phi) is 47.4. The van der Waals surface area contributed by atoms with Crippen LogP contribution in [-0.2, 0) is 87.7 Å². The molecule has 0 aromatic carbocycles. The number of hydrogen-bond acceptors (Lipinski definition) is 19. The van der Waals surface area contributed by atoms with Crippen LogP contribution < -0.4 is 27.0 Å². The minimum Gasteiger partial charge on any atom is -0.481 e. The normalized spacial score (nSPS) is 13.3. The molecule has 546 valence electrons. The molecule has 0 unspecified atom stereocenters.